The van der Waals surface area contributed by atoms with Crippen molar-refractivity contribution in [1.82, 2.24) is 34.3 Å². The highest BCUT2D eigenvalue weighted by Crippen LogP contribution is 2.17. The summed E-state index contributed by atoms with van der Waals surface area (Å²) >= 11 is 0. The molecule has 0 fully saturated rings. The molecule has 0 unspecified atom stereocenters. The highest BCUT2D eigenvalue weighted by atomic mass is 15.4. The van der Waals surface area contributed by atoms with Crippen molar-refractivity contribution >= 4 is 11.2 Å². The van der Waals surface area contributed by atoms with Crippen LogP contribution in [-0.4, -0.2) is 34.3 Å². The predicted molar refractivity (Wildman–Crippen MR) is 80.5 cm³/mol. The zero-order chi connectivity index (χ0) is 14.9. The average molecular weight is 291 g/mol. The second-order valence-electron chi connectivity index (χ2n) is 5.07. The van der Waals surface area contributed by atoms with Crippen molar-refractivity contribution in [2.24, 2.45) is 0 Å². The molecule has 7 heteroatoms. The van der Waals surface area contributed by atoms with E-state index in [1.165, 1.54) is 23.8 Å². The van der Waals surface area contributed by atoms with E-state index in [1.54, 1.807) is 17.3 Å². The number of benzene rings is 1. The standard InChI is InChI=1S/C15H13N7/c1-11-2-4-12(5-3-11)6-21-10-19-13-14(21)17-8-18-15(13)22-9-16-7-20-22/h2-5,7-10H,6H2,1H3. The molecule has 7 nitrogen and oxygen atoms in total. The van der Waals surface area contributed by atoms with Gasteiger partial charge in [0.25, 0.3) is 0 Å². The van der Waals surface area contributed by atoms with Crippen LogP contribution in [0, 0.1) is 6.92 Å². The molecule has 0 aliphatic heterocycles. The number of imidazole rings is 1. The fraction of sp³-hybridized carbons (Fsp3) is 0.133. The maximum absolute atomic E-state index is 4.44. The summed E-state index contributed by atoms with van der Waals surface area (Å²) in [6.07, 6.45) is 6.37. The van der Waals surface area contributed by atoms with Crippen molar-refractivity contribution in [2.45, 2.75) is 13.5 Å². The molecule has 3 aromatic heterocycles. The average Bonchev–Trinajstić information content (AvgIpc) is 3.20. The fourth-order valence-corrected chi connectivity index (χ4v) is 2.36. The lowest BCUT2D eigenvalue weighted by Crippen LogP contribution is -2.03. The molecular weight excluding hydrogens is 278 g/mol. The maximum atomic E-state index is 4.44. The molecule has 4 rings (SSSR count). The summed E-state index contributed by atoms with van der Waals surface area (Å²) in [5.41, 5.74) is 3.93. The number of fused-ring (bicyclic) bond motifs is 1. The molecule has 3 heterocycles. The third-order valence-electron chi connectivity index (χ3n) is 3.49. The second kappa shape index (κ2) is 5.03. The number of nitrogens with zero attached hydrogens (tertiary/aromatic N) is 7. The van der Waals surface area contributed by atoms with Gasteiger partial charge in [-0.2, -0.15) is 5.10 Å². The quantitative estimate of drug-likeness (QED) is 0.575. The summed E-state index contributed by atoms with van der Waals surface area (Å²) in [7, 11) is 0. The lowest BCUT2D eigenvalue weighted by Gasteiger charge is -2.05. The van der Waals surface area contributed by atoms with Gasteiger partial charge in [0.15, 0.2) is 17.0 Å². The molecule has 0 amide bonds. The summed E-state index contributed by atoms with van der Waals surface area (Å²) in [6.45, 7) is 2.79. The third kappa shape index (κ3) is 2.12. The van der Waals surface area contributed by atoms with E-state index in [9.17, 15) is 0 Å². The molecule has 0 atom stereocenters. The van der Waals surface area contributed by atoms with Crippen molar-refractivity contribution in [2.75, 3.05) is 0 Å². The molecule has 0 saturated carbocycles. The SMILES string of the molecule is Cc1ccc(Cn2cnc3c(-n4cncn4)ncnc32)cc1. The molecule has 0 saturated heterocycles. The lowest BCUT2D eigenvalue weighted by molar-refractivity contribution is 0.810. The second-order valence-corrected chi connectivity index (χ2v) is 5.07. The topological polar surface area (TPSA) is 74.3 Å². The van der Waals surface area contributed by atoms with Crippen LogP contribution >= 0.6 is 0 Å². The summed E-state index contributed by atoms with van der Waals surface area (Å²) < 4.78 is 3.59. The van der Waals surface area contributed by atoms with Gasteiger partial charge in [0.05, 0.1) is 12.9 Å². The van der Waals surface area contributed by atoms with Gasteiger partial charge in [-0.05, 0) is 12.5 Å². The van der Waals surface area contributed by atoms with E-state index in [0.29, 0.717) is 17.9 Å². The third-order valence-corrected chi connectivity index (χ3v) is 3.49. The number of hydrogen-bond donors (Lipinski definition) is 0. The summed E-state index contributed by atoms with van der Waals surface area (Å²) in [5.74, 6) is 0.630. The maximum Gasteiger partial charge on any atom is 0.186 e. The molecule has 0 aliphatic carbocycles. The fourth-order valence-electron chi connectivity index (χ4n) is 2.36. The molecule has 0 bridgehead atoms. The number of hydrogen-bond acceptors (Lipinski definition) is 5. The van der Waals surface area contributed by atoms with Gasteiger partial charge in [0.1, 0.15) is 19.0 Å². The Kier molecular flexibility index (Phi) is 2.89. The van der Waals surface area contributed by atoms with E-state index >= 15 is 0 Å². The zero-order valence-corrected chi connectivity index (χ0v) is 12.0. The van der Waals surface area contributed by atoms with E-state index in [1.807, 2.05) is 4.57 Å². The van der Waals surface area contributed by atoms with Crippen LogP contribution in [0.4, 0.5) is 0 Å². The van der Waals surface area contributed by atoms with Gasteiger partial charge in [-0.15, -0.1) is 0 Å². The van der Waals surface area contributed by atoms with Crippen LogP contribution in [0.2, 0.25) is 0 Å². The van der Waals surface area contributed by atoms with E-state index in [-0.39, 0.29) is 0 Å². The first-order chi connectivity index (χ1) is 10.8. The largest absolute Gasteiger partial charge is 0.311 e. The number of aryl methyl sites for hydroxylation is 1. The highest BCUT2D eigenvalue weighted by molar-refractivity contribution is 5.78. The van der Waals surface area contributed by atoms with Crippen LogP contribution in [0.1, 0.15) is 11.1 Å². The molecule has 0 aliphatic rings. The Morgan fingerprint density at radius 2 is 1.82 bits per heavy atom. The van der Waals surface area contributed by atoms with Crippen LogP contribution in [0.5, 0.6) is 0 Å². The smallest absolute Gasteiger partial charge is 0.186 e. The monoisotopic (exact) mass is 291 g/mol. The van der Waals surface area contributed by atoms with E-state index < -0.39 is 0 Å². The first-order valence-corrected chi connectivity index (χ1v) is 6.87. The molecule has 4 aromatic rings. The van der Waals surface area contributed by atoms with Crippen molar-refractivity contribution in [3.63, 3.8) is 0 Å². The number of aromatic nitrogens is 7. The van der Waals surface area contributed by atoms with Crippen molar-refractivity contribution in [3.05, 3.63) is 60.7 Å². The Balaban J connectivity index is 1.77. The predicted octanol–water partition coefficient (Wildman–Crippen LogP) is 1.76. The van der Waals surface area contributed by atoms with Gasteiger partial charge in [-0.25, -0.2) is 24.6 Å². The van der Waals surface area contributed by atoms with Crippen LogP contribution in [-0.2, 0) is 6.54 Å². The summed E-state index contributed by atoms with van der Waals surface area (Å²) in [6, 6.07) is 8.43. The Labute approximate surface area is 126 Å². The van der Waals surface area contributed by atoms with E-state index in [0.717, 1.165) is 5.65 Å². The van der Waals surface area contributed by atoms with Crippen LogP contribution < -0.4 is 0 Å². The molecular formula is C15H13N7. The van der Waals surface area contributed by atoms with Crippen LogP contribution in [0.15, 0.2) is 49.6 Å². The van der Waals surface area contributed by atoms with Gasteiger partial charge in [-0.3, -0.25) is 0 Å². The normalized spacial score (nSPS) is 11.1. The van der Waals surface area contributed by atoms with Crippen molar-refractivity contribution in [3.8, 4) is 5.82 Å². The van der Waals surface area contributed by atoms with Gasteiger partial charge in [0.2, 0.25) is 0 Å². The summed E-state index contributed by atoms with van der Waals surface area (Å²) in [4.78, 5) is 17.0. The Hall–Kier alpha value is -3.09. The van der Waals surface area contributed by atoms with E-state index in [2.05, 4.69) is 56.2 Å². The van der Waals surface area contributed by atoms with Crippen LogP contribution in [0.3, 0.4) is 0 Å². The molecule has 0 N–H and O–H groups in total. The van der Waals surface area contributed by atoms with Gasteiger partial charge >= 0.3 is 0 Å². The van der Waals surface area contributed by atoms with Crippen molar-refractivity contribution in [1.29, 1.82) is 0 Å². The Morgan fingerprint density at radius 1 is 0.955 bits per heavy atom. The van der Waals surface area contributed by atoms with Crippen molar-refractivity contribution < 1.29 is 0 Å². The van der Waals surface area contributed by atoms with Gasteiger partial charge in [0, 0.05) is 0 Å². The molecule has 1 aromatic carbocycles. The minimum atomic E-state index is 0.630. The Bertz CT molecular complexity index is 907. The molecule has 22 heavy (non-hydrogen) atoms. The van der Waals surface area contributed by atoms with Crippen LogP contribution in [0.25, 0.3) is 17.0 Å². The minimum Gasteiger partial charge on any atom is -0.311 e. The summed E-state index contributed by atoms with van der Waals surface area (Å²) in [5, 5.41) is 4.11. The highest BCUT2D eigenvalue weighted by Gasteiger charge is 2.12. The van der Waals surface area contributed by atoms with Gasteiger partial charge < -0.3 is 4.57 Å². The molecule has 108 valence electrons. The van der Waals surface area contributed by atoms with E-state index in [4.69, 9.17) is 0 Å². The van der Waals surface area contributed by atoms with Gasteiger partial charge in [-0.1, -0.05) is 29.8 Å². The first-order valence-electron chi connectivity index (χ1n) is 6.87. The molecule has 0 spiro atoms. The zero-order valence-electron chi connectivity index (χ0n) is 12.0. The molecule has 0 radical (unpaired) electrons. The minimum absolute atomic E-state index is 0.630. The Morgan fingerprint density at radius 3 is 2.59 bits per heavy atom. The number of rotatable bonds is 3. The first kappa shape index (κ1) is 12.6. The lowest BCUT2D eigenvalue weighted by atomic mass is 10.1.